The van der Waals surface area contributed by atoms with Crippen LogP contribution in [-0.2, 0) is 14.4 Å². The van der Waals surface area contributed by atoms with Gasteiger partial charge < -0.3 is 15.5 Å². The molecule has 2 aliphatic rings. The maximum atomic E-state index is 12.3. The summed E-state index contributed by atoms with van der Waals surface area (Å²) in [6, 6.07) is -0.369. The molecule has 0 saturated carbocycles. The smallest absolute Gasteiger partial charge is 0.242 e. The van der Waals surface area contributed by atoms with Crippen molar-refractivity contribution in [3.05, 3.63) is 0 Å². The predicted octanol–water partition coefficient (Wildman–Crippen LogP) is -0.750. The van der Waals surface area contributed by atoms with Crippen LogP contribution in [0.5, 0.6) is 0 Å². The molecule has 6 heteroatoms. The minimum atomic E-state index is -0.369. The van der Waals surface area contributed by atoms with E-state index in [0.717, 1.165) is 12.8 Å². The molecular weight excluding hydrogens is 234 g/mol. The van der Waals surface area contributed by atoms with Gasteiger partial charge in [0.15, 0.2) is 0 Å². The first-order chi connectivity index (χ1) is 8.63. The van der Waals surface area contributed by atoms with Crippen molar-refractivity contribution >= 4 is 17.7 Å². The monoisotopic (exact) mass is 253 g/mol. The van der Waals surface area contributed by atoms with Crippen molar-refractivity contribution in [2.75, 3.05) is 20.1 Å². The number of likely N-dealkylation sites (tertiary alicyclic amines) is 1. The van der Waals surface area contributed by atoms with Gasteiger partial charge in [-0.05, 0) is 19.3 Å². The van der Waals surface area contributed by atoms with Crippen molar-refractivity contribution in [3.63, 3.8) is 0 Å². The molecule has 2 rings (SSSR count). The van der Waals surface area contributed by atoms with Crippen LogP contribution >= 0.6 is 0 Å². The summed E-state index contributed by atoms with van der Waals surface area (Å²) < 4.78 is 0. The maximum absolute atomic E-state index is 12.3. The molecule has 0 bridgehead atoms. The van der Waals surface area contributed by atoms with Crippen LogP contribution in [0.4, 0.5) is 0 Å². The number of hydrogen-bond donors (Lipinski definition) is 2. The van der Waals surface area contributed by atoms with Gasteiger partial charge in [-0.1, -0.05) is 0 Å². The highest BCUT2D eigenvalue weighted by Gasteiger charge is 2.37. The SMILES string of the molecule is CNC(=O)C1CCCCN1C(=O)C1CNC(=O)C1. The quantitative estimate of drug-likeness (QED) is 0.679. The molecule has 0 aromatic rings. The first-order valence-electron chi connectivity index (χ1n) is 6.42. The van der Waals surface area contributed by atoms with E-state index in [1.165, 1.54) is 0 Å². The molecule has 0 aromatic carbocycles. The Hall–Kier alpha value is -1.59. The van der Waals surface area contributed by atoms with Gasteiger partial charge in [0, 0.05) is 26.6 Å². The molecule has 2 aliphatic heterocycles. The lowest BCUT2D eigenvalue weighted by Gasteiger charge is -2.35. The third-order valence-corrected chi connectivity index (χ3v) is 3.66. The van der Waals surface area contributed by atoms with Gasteiger partial charge in [0.2, 0.25) is 17.7 Å². The summed E-state index contributed by atoms with van der Waals surface area (Å²) in [6.07, 6.45) is 2.84. The zero-order chi connectivity index (χ0) is 13.1. The summed E-state index contributed by atoms with van der Waals surface area (Å²) >= 11 is 0. The average molecular weight is 253 g/mol. The number of likely N-dealkylation sites (N-methyl/N-ethyl adjacent to an activating group) is 1. The van der Waals surface area contributed by atoms with E-state index in [1.54, 1.807) is 11.9 Å². The Labute approximate surface area is 106 Å². The Kier molecular flexibility index (Phi) is 3.84. The summed E-state index contributed by atoms with van der Waals surface area (Å²) in [5.41, 5.74) is 0. The molecule has 2 unspecified atom stereocenters. The second-order valence-electron chi connectivity index (χ2n) is 4.86. The second kappa shape index (κ2) is 5.37. The van der Waals surface area contributed by atoms with E-state index in [-0.39, 0.29) is 36.1 Å². The Bertz CT molecular complexity index is 370. The molecule has 0 aliphatic carbocycles. The van der Waals surface area contributed by atoms with E-state index in [4.69, 9.17) is 0 Å². The van der Waals surface area contributed by atoms with E-state index in [1.807, 2.05) is 0 Å². The fourth-order valence-corrected chi connectivity index (χ4v) is 2.65. The first-order valence-corrected chi connectivity index (χ1v) is 6.42. The number of carbonyl (C=O) groups excluding carboxylic acids is 3. The van der Waals surface area contributed by atoms with Crippen LogP contribution in [-0.4, -0.2) is 48.8 Å². The highest BCUT2D eigenvalue weighted by atomic mass is 16.2. The fraction of sp³-hybridized carbons (Fsp3) is 0.750. The predicted molar refractivity (Wildman–Crippen MR) is 64.5 cm³/mol. The van der Waals surface area contributed by atoms with Crippen molar-refractivity contribution in [2.45, 2.75) is 31.7 Å². The molecule has 2 heterocycles. The minimum absolute atomic E-state index is 0.0679. The largest absolute Gasteiger partial charge is 0.357 e. The van der Waals surface area contributed by atoms with Gasteiger partial charge in [0.05, 0.1) is 5.92 Å². The second-order valence-corrected chi connectivity index (χ2v) is 4.86. The molecular formula is C12H19N3O3. The number of nitrogens with one attached hydrogen (secondary N) is 2. The number of amides is 3. The summed E-state index contributed by atoms with van der Waals surface area (Å²) in [7, 11) is 1.58. The summed E-state index contributed by atoms with van der Waals surface area (Å²) in [6.45, 7) is 1.01. The average Bonchev–Trinajstić information content (AvgIpc) is 2.83. The summed E-state index contributed by atoms with van der Waals surface area (Å²) in [5.74, 6) is -0.563. The molecule has 100 valence electrons. The summed E-state index contributed by atoms with van der Waals surface area (Å²) in [4.78, 5) is 36.9. The molecule has 18 heavy (non-hydrogen) atoms. The fourth-order valence-electron chi connectivity index (χ4n) is 2.65. The number of hydrogen-bond acceptors (Lipinski definition) is 3. The van der Waals surface area contributed by atoms with E-state index >= 15 is 0 Å². The van der Waals surface area contributed by atoms with E-state index in [9.17, 15) is 14.4 Å². The van der Waals surface area contributed by atoms with Gasteiger partial charge >= 0.3 is 0 Å². The van der Waals surface area contributed by atoms with Gasteiger partial charge in [0.25, 0.3) is 0 Å². The van der Waals surface area contributed by atoms with Gasteiger partial charge in [-0.25, -0.2) is 0 Å². The van der Waals surface area contributed by atoms with Crippen molar-refractivity contribution in [2.24, 2.45) is 5.92 Å². The van der Waals surface area contributed by atoms with E-state index in [0.29, 0.717) is 19.5 Å². The molecule has 6 nitrogen and oxygen atoms in total. The molecule has 0 radical (unpaired) electrons. The van der Waals surface area contributed by atoms with Crippen molar-refractivity contribution in [1.82, 2.24) is 15.5 Å². The Balaban J connectivity index is 2.06. The topological polar surface area (TPSA) is 78.5 Å². The van der Waals surface area contributed by atoms with E-state index < -0.39 is 0 Å². The normalized spacial score (nSPS) is 27.8. The molecule has 2 saturated heterocycles. The van der Waals surface area contributed by atoms with Gasteiger partial charge in [-0.3, -0.25) is 14.4 Å². The molecule has 0 aromatic heterocycles. The zero-order valence-electron chi connectivity index (χ0n) is 10.6. The van der Waals surface area contributed by atoms with Gasteiger partial charge in [-0.2, -0.15) is 0 Å². The van der Waals surface area contributed by atoms with Crippen LogP contribution in [0.1, 0.15) is 25.7 Å². The van der Waals surface area contributed by atoms with E-state index in [2.05, 4.69) is 10.6 Å². The lowest BCUT2D eigenvalue weighted by Crippen LogP contribution is -2.53. The number of carbonyl (C=O) groups is 3. The van der Waals surface area contributed by atoms with Crippen LogP contribution in [0, 0.1) is 5.92 Å². The Morgan fingerprint density at radius 1 is 1.39 bits per heavy atom. The van der Waals surface area contributed by atoms with Crippen molar-refractivity contribution in [1.29, 1.82) is 0 Å². The highest BCUT2D eigenvalue weighted by molar-refractivity contribution is 5.92. The number of piperidine rings is 1. The Morgan fingerprint density at radius 3 is 2.78 bits per heavy atom. The van der Waals surface area contributed by atoms with Crippen LogP contribution in [0.25, 0.3) is 0 Å². The highest BCUT2D eigenvalue weighted by Crippen LogP contribution is 2.22. The molecule has 3 amide bonds. The zero-order valence-corrected chi connectivity index (χ0v) is 10.6. The standard InChI is InChI=1S/C12H19N3O3/c1-13-11(17)9-4-2-3-5-15(9)12(18)8-6-10(16)14-7-8/h8-9H,2-7H2,1H3,(H,13,17)(H,14,16). The lowest BCUT2D eigenvalue weighted by molar-refractivity contribution is -0.145. The molecule has 2 atom stereocenters. The van der Waals surface area contributed by atoms with Crippen LogP contribution in [0.3, 0.4) is 0 Å². The summed E-state index contributed by atoms with van der Waals surface area (Å²) in [5, 5.41) is 5.26. The molecule has 0 spiro atoms. The molecule has 2 N–H and O–H groups in total. The third-order valence-electron chi connectivity index (χ3n) is 3.66. The van der Waals surface area contributed by atoms with Crippen LogP contribution in [0.15, 0.2) is 0 Å². The number of rotatable bonds is 2. The van der Waals surface area contributed by atoms with Crippen molar-refractivity contribution in [3.8, 4) is 0 Å². The lowest BCUT2D eigenvalue weighted by atomic mass is 9.98. The number of nitrogens with zero attached hydrogens (tertiary/aromatic N) is 1. The van der Waals surface area contributed by atoms with Crippen molar-refractivity contribution < 1.29 is 14.4 Å². The van der Waals surface area contributed by atoms with Gasteiger partial charge in [-0.15, -0.1) is 0 Å². The van der Waals surface area contributed by atoms with Crippen LogP contribution in [0.2, 0.25) is 0 Å². The Morgan fingerprint density at radius 2 is 2.17 bits per heavy atom. The minimum Gasteiger partial charge on any atom is -0.357 e. The maximum Gasteiger partial charge on any atom is 0.242 e. The molecule has 2 fully saturated rings. The first kappa shape index (κ1) is 12.9. The third kappa shape index (κ3) is 2.47. The van der Waals surface area contributed by atoms with Gasteiger partial charge in [0.1, 0.15) is 6.04 Å². The van der Waals surface area contributed by atoms with Crippen LogP contribution < -0.4 is 10.6 Å².